The zero-order chi connectivity index (χ0) is 18.2. The molecule has 0 saturated carbocycles. The molecular formula is C22H43N2O+. The van der Waals surface area contributed by atoms with E-state index in [-0.39, 0.29) is 6.61 Å². The van der Waals surface area contributed by atoms with E-state index < -0.39 is 0 Å². The van der Waals surface area contributed by atoms with Crippen LogP contribution < -0.4 is 4.57 Å². The summed E-state index contributed by atoms with van der Waals surface area (Å²) in [6.07, 6.45) is 24.0. The molecule has 3 nitrogen and oxygen atoms in total. The number of aliphatic hydroxyl groups is 1. The lowest BCUT2D eigenvalue weighted by Gasteiger charge is -2.03. The predicted octanol–water partition coefficient (Wildman–Crippen LogP) is 5.56. The third-order valence-electron chi connectivity index (χ3n) is 5.35. The van der Waals surface area contributed by atoms with Crippen LogP contribution in [0.3, 0.4) is 0 Å². The van der Waals surface area contributed by atoms with Gasteiger partial charge in [-0.2, -0.15) is 0 Å². The van der Waals surface area contributed by atoms with Gasteiger partial charge in [0.15, 0.2) is 0 Å². The fraction of sp³-hybridized carbons (Fsp3) is 0.864. The molecule has 1 heterocycles. The minimum absolute atomic E-state index is 0.217. The summed E-state index contributed by atoms with van der Waals surface area (Å²) in [5.74, 6) is 1.25. The average Bonchev–Trinajstić information content (AvgIpc) is 2.96. The van der Waals surface area contributed by atoms with Gasteiger partial charge < -0.3 is 5.11 Å². The Morgan fingerprint density at radius 2 is 1.28 bits per heavy atom. The van der Waals surface area contributed by atoms with Crippen molar-refractivity contribution in [2.24, 2.45) is 0 Å². The lowest BCUT2D eigenvalue weighted by Crippen LogP contribution is -2.35. The van der Waals surface area contributed by atoms with Crippen molar-refractivity contribution in [1.82, 2.24) is 4.57 Å². The SMILES string of the molecule is CCCCCCCCCCCCCCCC[n+]1ccn(CCO)c1C. The van der Waals surface area contributed by atoms with Crippen molar-refractivity contribution >= 4 is 0 Å². The van der Waals surface area contributed by atoms with Crippen LogP contribution >= 0.6 is 0 Å². The van der Waals surface area contributed by atoms with E-state index in [4.69, 9.17) is 5.11 Å². The Hall–Kier alpha value is -0.830. The summed E-state index contributed by atoms with van der Waals surface area (Å²) in [5, 5.41) is 9.03. The normalized spacial score (nSPS) is 11.3. The molecule has 1 rings (SSSR count). The van der Waals surface area contributed by atoms with Gasteiger partial charge in [0.05, 0.1) is 13.2 Å². The van der Waals surface area contributed by atoms with Crippen LogP contribution in [0.1, 0.15) is 103 Å². The van der Waals surface area contributed by atoms with Crippen LogP contribution in [0, 0.1) is 6.92 Å². The van der Waals surface area contributed by atoms with Crippen molar-refractivity contribution in [3.8, 4) is 0 Å². The standard InChI is InChI=1S/C22H43N2O/c1-3-4-5-6-7-8-9-10-11-12-13-14-15-16-17-23-18-19-24(20-21-25)22(23)2/h18-19,25H,3-17,20-21H2,1-2H3/q+1. The van der Waals surface area contributed by atoms with Gasteiger partial charge in [-0.05, 0) is 12.8 Å². The third kappa shape index (κ3) is 10.7. The molecule has 0 aliphatic carbocycles. The summed E-state index contributed by atoms with van der Waals surface area (Å²) in [7, 11) is 0. The summed E-state index contributed by atoms with van der Waals surface area (Å²) in [5.41, 5.74) is 0. The van der Waals surface area contributed by atoms with Crippen LogP contribution in [0.15, 0.2) is 12.4 Å². The number of unbranched alkanes of at least 4 members (excludes halogenated alkanes) is 13. The maximum absolute atomic E-state index is 9.03. The maximum Gasteiger partial charge on any atom is 0.253 e. The van der Waals surface area contributed by atoms with E-state index in [0.717, 1.165) is 6.54 Å². The molecule has 0 unspecified atom stereocenters. The molecule has 1 aromatic rings. The largest absolute Gasteiger partial charge is 0.392 e. The first-order valence-electron chi connectivity index (χ1n) is 11.0. The molecule has 0 spiro atoms. The summed E-state index contributed by atoms with van der Waals surface area (Å²) >= 11 is 0. The first-order chi connectivity index (χ1) is 12.3. The summed E-state index contributed by atoms with van der Waals surface area (Å²) in [4.78, 5) is 0. The molecule has 3 heteroatoms. The highest BCUT2D eigenvalue weighted by atomic mass is 16.3. The number of hydrogen-bond acceptors (Lipinski definition) is 1. The minimum Gasteiger partial charge on any atom is -0.392 e. The Balaban J connectivity index is 1.86. The molecule has 0 aliphatic heterocycles. The quantitative estimate of drug-likeness (QED) is 0.289. The minimum atomic E-state index is 0.217. The molecule has 0 atom stereocenters. The monoisotopic (exact) mass is 351 g/mol. The molecule has 0 amide bonds. The number of imidazole rings is 1. The van der Waals surface area contributed by atoms with Gasteiger partial charge in [0.25, 0.3) is 5.82 Å². The van der Waals surface area contributed by atoms with E-state index in [2.05, 4.69) is 35.4 Å². The van der Waals surface area contributed by atoms with Gasteiger partial charge in [-0.15, -0.1) is 0 Å². The van der Waals surface area contributed by atoms with Crippen LogP contribution in [0.5, 0.6) is 0 Å². The van der Waals surface area contributed by atoms with E-state index in [0.29, 0.717) is 6.54 Å². The molecule has 0 bridgehead atoms. The smallest absolute Gasteiger partial charge is 0.253 e. The van der Waals surface area contributed by atoms with Gasteiger partial charge in [0, 0.05) is 6.92 Å². The van der Waals surface area contributed by atoms with Gasteiger partial charge >= 0.3 is 0 Å². The lowest BCUT2D eigenvalue weighted by molar-refractivity contribution is -0.702. The maximum atomic E-state index is 9.03. The summed E-state index contributed by atoms with van der Waals surface area (Å²) in [6.45, 7) is 6.46. The molecule has 0 radical (unpaired) electrons. The van der Waals surface area contributed by atoms with Gasteiger partial charge in [-0.25, -0.2) is 9.13 Å². The molecular weight excluding hydrogens is 308 g/mol. The number of hydrogen-bond donors (Lipinski definition) is 1. The van der Waals surface area contributed by atoms with E-state index in [1.165, 1.54) is 95.7 Å². The van der Waals surface area contributed by atoms with Gasteiger partial charge in [0.2, 0.25) is 0 Å². The Labute approximate surface area is 156 Å². The average molecular weight is 352 g/mol. The second kappa shape index (κ2) is 15.4. The Kier molecular flexibility index (Phi) is 13.7. The molecule has 0 saturated heterocycles. The zero-order valence-electron chi connectivity index (χ0n) is 17.0. The fourth-order valence-electron chi connectivity index (χ4n) is 3.60. The van der Waals surface area contributed by atoms with Gasteiger partial charge in [-0.3, -0.25) is 0 Å². The van der Waals surface area contributed by atoms with Crippen molar-refractivity contribution in [3.05, 3.63) is 18.2 Å². The van der Waals surface area contributed by atoms with E-state index in [1.807, 2.05) is 0 Å². The predicted molar refractivity (Wildman–Crippen MR) is 107 cm³/mol. The van der Waals surface area contributed by atoms with Crippen LogP contribution in [0.4, 0.5) is 0 Å². The molecule has 0 aromatic carbocycles. The van der Waals surface area contributed by atoms with Crippen LogP contribution in [0.25, 0.3) is 0 Å². The zero-order valence-corrected chi connectivity index (χ0v) is 17.0. The van der Waals surface area contributed by atoms with E-state index in [1.54, 1.807) is 0 Å². The second-order valence-electron chi connectivity index (χ2n) is 7.55. The number of aliphatic hydroxyl groups excluding tert-OH is 1. The highest BCUT2D eigenvalue weighted by molar-refractivity contribution is 4.79. The van der Waals surface area contributed by atoms with Crippen LogP contribution in [0.2, 0.25) is 0 Å². The van der Waals surface area contributed by atoms with Crippen molar-refractivity contribution in [3.63, 3.8) is 0 Å². The molecule has 0 aliphatic rings. The first kappa shape index (κ1) is 22.2. The number of nitrogens with zero attached hydrogens (tertiary/aromatic N) is 2. The lowest BCUT2D eigenvalue weighted by atomic mass is 10.0. The highest BCUT2D eigenvalue weighted by Crippen LogP contribution is 2.12. The number of aryl methyl sites for hydroxylation is 1. The van der Waals surface area contributed by atoms with Crippen molar-refractivity contribution in [2.45, 2.75) is 117 Å². The Morgan fingerprint density at radius 3 is 1.76 bits per heavy atom. The Bertz CT molecular complexity index is 414. The van der Waals surface area contributed by atoms with E-state index >= 15 is 0 Å². The topological polar surface area (TPSA) is 29.0 Å². The highest BCUT2D eigenvalue weighted by Gasteiger charge is 2.10. The molecule has 25 heavy (non-hydrogen) atoms. The van der Waals surface area contributed by atoms with Gasteiger partial charge in [-0.1, -0.05) is 84.0 Å². The molecule has 0 fully saturated rings. The fourth-order valence-corrected chi connectivity index (χ4v) is 3.60. The van der Waals surface area contributed by atoms with Gasteiger partial charge in [0.1, 0.15) is 18.9 Å². The Morgan fingerprint density at radius 1 is 0.800 bits per heavy atom. The number of rotatable bonds is 17. The molecule has 1 aromatic heterocycles. The second-order valence-corrected chi connectivity index (χ2v) is 7.55. The van der Waals surface area contributed by atoms with Crippen LogP contribution in [-0.4, -0.2) is 16.3 Å². The van der Waals surface area contributed by atoms with E-state index in [9.17, 15) is 0 Å². The van der Waals surface area contributed by atoms with Crippen molar-refractivity contribution < 1.29 is 9.67 Å². The first-order valence-corrected chi connectivity index (χ1v) is 11.0. The molecule has 1 N–H and O–H groups in total. The number of aromatic nitrogens is 2. The molecule has 146 valence electrons. The van der Waals surface area contributed by atoms with Crippen LogP contribution in [-0.2, 0) is 13.1 Å². The summed E-state index contributed by atoms with van der Waals surface area (Å²) in [6, 6.07) is 0. The van der Waals surface area contributed by atoms with Crippen molar-refractivity contribution in [2.75, 3.05) is 6.61 Å². The summed E-state index contributed by atoms with van der Waals surface area (Å²) < 4.78 is 4.44. The third-order valence-corrected chi connectivity index (χ3v) is 5.35. The van der Waals surface area contributed by atoms with Crippen molar-refractivity contribution in [1.29, 1.82) is 0 Å².